The van der Waals surface area contributed by atoms with Gasteiger partial charge in [0.1, 0.15) is 5.76 Å². The number of rotatable bonds is 8. The Morgan fingerprint density at radius 3 is 2.25 bits per heavy atom. The van der Waals surface area contributed by atoms with Gasteiger partial charge in [-0.2, -0.15) is 0 Å². The molecule has 0 unspecified atom stereocenters. The molecule has 7 nitrogen and oxygen atoms in total. The number of sulfonamides is 2. The lowest BCUT2D eigenvalue weighted by molar-refractivity contribution is 0.498. The van der Waals surface area contributed by atoms with Crippen LogP contribution in [0.1, 0.15) is 18.2 Å². The molecule has 0 aliphatic heterocycles. The van der Waals surface area contributed by atoms with E-state index in [4.69, 9.17) is 4.42 Å². The van der Waals surface area contributed by atoms with Crippen molar-refractivity contribution in [3.63, 3.8) is 0 Å². The quantitative estimate of drug-likeness (QED) is 0.582. The van der Waals surface area contributed by atoms with E-state index in [2.05, 4.69) is 9.44 Å². The molecule has 0 aliphatic carbocycles. The predicted octanol–water partition coefficient (Wildman–Crippen LogP) is 3.12. The third kappa shape index (κ3) is 4.80. The van der Waals surface area contributed by atoms with Gasteiger partial charge in [0.15, 0.2) is 0 Å². The standard InChI is InChI=1S/C19H20N2O5S2/c1-2-15-8-10-18(11-9-15)28(24,25)21-16-5-3-7-19(13-16)27(22,23)20-14-17-6-4-12-26-17/h3-13,20-21H,2,14H2,1H3. The molecule has 0 bridgehead atoms. The lowest BCUT2D eigenvalue weighted by Gasteiger charge is -2.11. The van der Waals surface area contributed by atoms with Crippen LogP contribution in [0.5, 0.6) is 0 Å². The molecule has 1 aromatic heterocycles. The zero-order valence-corrected chi connectivity index (χ0v) is 16.8. The van der Waals surface area contributed by atoms with Crippen LogP contribution in [0.3, 0.4) is 0 Å². The van der Waals surface area contributed by atoms with E-state index in [-0.39, 0.29) is 22.0 Å². The minimum atomic E-state index is -3.83. The Balaban J connectivity index is 1.78. The fourth-order valence-electron chi connectivity index (χ4n) is 2.51. The zero-order valence-electron chi connectivity index (χ0n) is 15.1. The Bertz CT molecular complexity index is 1140. The number of furan rings is 1. The average Bonchev–Trinajstić information content (AvgIpc) is 3.20. The van der Waals surface area contributed by atoms with Gasteiger partial charge in [-0.05, 0) is 54.4 Å². The van der Waals surface area contributed by atoms with Crippen LogP contribution in [0.25, 0.3) is 0 Å². The van der Waals surface area contributed by atoms with Crippen LogP contribution in [0.2, 0.25) is 0 Å². The molecule has 0 amide bonds. The van der Waals surface area contributed by atoms with Gasteiger partial charge >= 0.3 is 0 Å². The van der Waals surface area contributed by atoms with E-state index in [9.17, 15) is 16.8 Å². The molecule has 0 aliphatic rings. The third-order valence-electron chi connectivity index (χ3n) is 4.05. The summed E-state index contributed by atoms with van der Waals surface area (Å²) in [6, 6.07) is 15.5. The van der Waals surface area contributed by atoms with Crippen LogP contribution in [0.4, 0.5) is 5.69 Å². The van der Waals surface area contributed by atoms with Gasteiger partial charge < -0.3 is 4.42 Å². The highest BCUT2D eigenvalue weighted by Crippen LogP contribution is 2.20. The molecule has 0 radical (unpaired) electrons. The van der Waals surface area contributed by atoms with Crippen LogP contribution >= 0.6 is 0 Å². The van der Waals surface area contributed by atoms with Crippen LogP contribution in [-0.2, 0) is 33.0 Å². The van der Waals surface area contributed by atoms with E-state index < -0.39 is 20.0 Å². The van der Waals surface area contributed by atoms with Crippen molar-refractivity contribution >= 4 is 25.7 Å². The molecule has 2 N–H and O–H groups in total. The molecule has 3 rings (SSSR count). The van der Waals surface area contributed by atoms with Crippen molar-refractivity contribution in [1.29, 1.82) is 0 Å². The second-order valence-electron chi connectivity index (χ2n) is 6.03. The summed E-state index contributed by atoms with van der Waals surface area (Å²) >= 11 is 0. The molecule has 2 aromatic carbocycles. The van der Waals surface area contributed by atoms with Crippen molar-refractivity contribution in [2.24, 2.45) is 0 Å². The number of aryl methyl sites for hydroxylation is 1. The fourth-order valence-corrected chi connectivity index (χ4v) is 4.60. The van der Waals surface area contributed by atoms with E-state index in [1.807, 2.05) is 6.92 Å². The highest BCUT2D eigenvalue weighted by atomic mass is 32.2. The molecule has 28 heavy (non-hydrogen) atoms. The molecule has 0 saturated heterocycles. The topological polar surface area (TPSA) is 105 Å². The molecule has 9 heteroatoms. The second kappa shape index (κ2) is 8.17. The summed E-state index contributed by atoms with van der Waals surface area (Å²) < 4.78 is 60.0. The summed E-state index contributed by atoms with van der Waals surface area (Å²) in [4.78, 5) is 0.0505. The SMILES string of the molecule is CCc1ccc(S(=O)(=O)Nc2cccc(S(=O)(=O)NCc3ccco3)c2)cc1. The number of nitrogens with one attached hydrogen (secondary N) is 2. The van der Waals surface area contributed by atoms with E-state index in [1.165, 1.54) is 42.7 Å². The van der Waals surface area contributed by atoms with Crippen molar-refractivity contribution in [1.82, 2.24) is 4.72 Å². The number of anilines is 1. The van der Waals surface area contributed by atoms with Crippen LogP contribution in [0, 0.1) is 0 Å². The smallest absolute Gasteiger partial charge is 0.261 e. The van der Waals surface area contributed by atoms with E-state index in [0.717, 1.165) is 12.0 Å². The molecule has 0 saturated carbocycles. The van der Waals surface area contributed by atoms with Gasteiger partial charge in [0.05, 0.1) is 28.3 Å². The molecular weight excluding hydrogens is 400 g/mol. The number of benzene rings is 2. The first-order chi connectivity index (χ1) is 13.3. The average molecular weight is 421 g/mol. The van der Waals surface area contributed by atoms with Crippen molar-refractivity contribution in [2.75, 3.05) is 4.72 Å². The van der Waals surface area contributed by atoms with Crippen molar-refractivity contribution in [3.05, 3.63) is 78.3 Å². The Morgan fingerprint density at radius 1 is 0.857 bits per heavy atom. The summed E-state index contributed by atoms with van der Waals surface area (Å²) in [5, 5.41) is 0. The largest absolute Gasteiger partial charge is 0.468 e. The number of hydrogen-bond donors (Lipinski definition) is 2. The molecule has 0 spiro atoms. The summed E-state index contributed by atoms with van der Waals surface area (Å²) in [7, 11) is -7.66. The Kier molecular flexibility index (Phi) is 5.87. The van der Waals surface area contributed by atoms with Gasteiger partial charge in [0.2, 0.25) is 10.0 Å². The Hall–Kier alpha value is -2.62. The van der Waals surface area contributed by atoms with Crippen molar-refractivity contribution in [3.8, 4) is 0 Å². The molecule has 1 heterocycles. The normalized spacial score (nSPS) is 12.0. The predicted molar refractivity (Wildman–Crippen MR) is 106 cm³/mol. The van der Waals surface area contributed by atoms with Gasteiger partial charge in [-0.25, -0.2) is 21.6 Å². The Labute approximate surface area is 164 Å². The maximum Gasteiger partial charge on any atom is 0.261 e. The second-order valence-corrected chi connectivity index (χ2v) is 9.48. The molecule has 0 fully saturated rings. The van der Waals surface area contributed by atoms with E-state index in [1.54, 1.807) is 24.3 Å². The van der Waals surface area contributed by atoms with Gasteiger partial charge in [0.25, 0.3) is 10.0 Å². The lowest BCUT2D eigenvalue weighted by Crippen LogP contribution is -2.23. The summed E-state index contributed by atoms with van der Waals surface area (Å²) in [6.45, 7) is 1.97. The third-order valence-corrected chi connectivity index (χ3v) is 6.85. The summed E-state index contributed by atoms with van der Waals surface area (Å²) in [5.74, 6) is 0.468. The highest BCUT2D eigenvalue weighted by molar-refractivity contribution is 7.92. The minimum Gasteiger partial charge on any atom is -0.468 e. The number of hydrogen-bond acceptors (Lipinski definition) is 5. The van der Waals surface area contributed by atoms with E-state index in [0.29, 0.717) is 5.76 Å². The molecular formula is C19H20N2O5S2. The van der Waals surface area contributed by atoms with Crippen LogP contribution in [0.15, 0.2) is 81.1 Å². The van der Waals surface area contributed by atoms with Gasteiger partial charge in [0, 0.05) is 0 Å². The highest BCUT2D eigenvalue weighted by Gasteiger charge is 2.18. The zero-order chi connectivity index (χ0) is 20.2. The first-order valence-corrected chi connectivity index (χ1v) is 11.5. The maximum absolute atomic E-state index is 12.6. The van der Waals surface area contributed by atoms with Crippen molar-refractivity contribution in [2.45, 2.75) is 29.7 Å². The molecule has 0 atom stereocenters. The van der Waals surface area contributed by atoms with Crippen LogP contribution in [-0.4, -0.2) is 16.8 Å². The Morgan fingerprint density at radius 2 is 1.61 bits per heavy atom. The monoisotopic (exact) mass is 420 g/mol. The fraction of sp³-hybridized carbons (Fsp3) is 0.158. The summed E-state index contributed by atoms with van der Waals surface area (Å²) in [5.41, 5.74) is 1.18. The van der Waals surface area contributed by atoms with Crippen LogP contribution < -0.4 is 9.44 Å². The molecule has 148 valence electrons. The lowest BCUT2D eigenvalue weighted by atomic mass is 10.2. The molecule has 3 aromatic rings. The van der Waals surface area contributed by atoms with Crippen molar-refractivity contribution < 1.29 is 21.3 Å². The summed E-state index contributed by atoms with van der Waals surface area (Å²) in [6.07, 6.45) is 2.25. The first kappa shape index (κ1) is 20.1. The van der Waals surface area contributed by atoms with Gasteiger partial charge in [-0.3, -0.25) is 4.72 Å². The van der Waals surface area contributed by atoms with Gasteiger partial charge in [-0.1, -0.05) is 25.1 Å². The first-order valence-electron chi connectivity index (χ1n) is 8.54. The van der Waals surface area contributed by atoms with Gasteiger partial charge in [-0.15, -0.1) is 0 Å². The van der Waals surface area contributed by atoms with E-state index >= 15 is 0 Å². The minimum absolute atomic E-state index is 0.00490. The maximum atomic E-state index is 12.6.